The van der Waals surface area contributed by atoms with Gasteiger partial charge in [0.2, 0.25) is 0 Å². The zero-order chi connectivity index (χ0) is 7.84. The molecule has 1 fully saturated rings. The third kappa shape index (κ3) is 1.50. The van der Waals surface area contributed by atoms with Crippen LogP contribution in [0, 0.1) is 5.92 Å². The van der Waals surface area contributed by atoms with Crippen molar-refractivity contribution in [2.24, 2.45) is 11.7 Å². The lowest BCUT2D eigenvalue weighted by atomic mass is 10.2. The van der Waals surface area contributed by atoms with Crippen molar-refractivity contribution in [3.05, 3.63) is 20.8 Å². The largest absolute Gasteiger partial charge is 0.323 e. The lowest BCUT2D eigenvalue weighted by molar-refractivity contribution is 0.642. The molecule has 1 aromatic heterocycles. The van der Waals surface area contributed by atoms with E-state index in [0.29, 0.717) is 0 Å². The Morgan fingerprint density at radius 3 is 2.82 bits per heavy atom. The minimum absolute atomic E-state index is 0.282. The molecule has 2 N–H and O–H groups in total. The van der Waals surface area contributed by atoms with E-state index in [1.165, 1.54) is 22.2 Å². The molecule has 1 nitrogen and oxygen atoms in total. The maximum Gasteiger partial charge on any atom is 0.0429 e. The molecule has 1 aliphatic rings. The number of nitrogens with two attached hydrogens (primary N) is 1. The van der Waals surface area contributed by atoms with Crippen LogP contribution in [0.25, 0.3) is 0 Å². The predicted molar refractivity (Wildman–Crippen MR) is 51.7 cm³/mol. The average molecular weight is 232 g/mol. The second-order valence-corrected chi connectivity index (χ2v) is 4.80. The quantitative estimate of drug-likeness (QED) is 0.833. The van der Waals surface area contributed by atoms with Gasteiger partial charge in [-0.3, -0.25) is 0 Å². The Kier molecular flexibility index (Phi) is 2.04. The highest BCUT2D eigenvalue weighted by molar-refractivity contribution is 9.10. The van der Waals surface area contributed by atoms with E-state index in [1.54, 1.807) is 11.3 Å². The van der Waals surface area contributed by atoms with Crippen LogP contribution in [0.1, 0.15) is 23.8 Å². The normalized spacial score (nSPS) is 20.2. The van der Waals surface area contributed by atoms with Gasteiger partial charge in [-0.05, 0) is 46.1 Å². The van der Waals surface area contributed by atoms with Gasteiger partial charge in [0.1, 0.15) is 0 Å². The van der Waals surface area contributed by atoms with Crippen LogP contribution in [-0.2, 0) is 0 Å². The van der Waals surface area contributed by atoms with Crippen molar-refractivity contribution >= 4 is 27.3 Å². The van der Waals surface area contributed by atoms with E-state index in [-0.39, 0.29) is 6.04 Å². The van der Waals surface area contributed by atoms with Crippen LogP contribution in [0.4, 0.5) is 0 Å². The summed E-state index contributed by atoms with van der Waals surface area (Å²) in [5, 5.41) is 2.08. The monoisotopic (exact) mass is 231 g/mol. The van der Waals surface area contributed by atoms with Gasteiger partial charge in [0.15, 0.2) is 0 Å². The van der Waals surface area contributed by atoms with E-state index in [0.717, 1.165) is 5.92 Å². The standard InChI is InChI=1S/C8H10BrNS/c9-6-3-4-11-8(6)7(10)5-1-2-5/h3-5,7H,1-2,10H2/t7-/m1/s1. The smallest absolute Gasteiger partial charge is 0.0429 e. The molecule has 0 amide bonds. The number of thiophene rings is 1. The van der Waals surface area contributed by atoms with Crippen LogP contribution < -0.4 is 5.73 Å². The molecule has 1 heterocycles. The summed E-state index contributed by atoms with van der Waals surface area (Å²) in [5.41, 5.74) is 6.03. The number of rotatable bonds is 2. The van der Waals surface area contributed by atoms with Gasteiger partial charge >= 0.3 is 0 Å². The van der Waals surface area contributed by atoms with Gasteiger partial charge in [0.25, 0.3) is 0 Å². The van der Waals surface area contributed by atoms with Gasteiger partial charge in [0, 0.05) is 15.4 Å². The fourth-order valence-electron chi connectivity index (χ4n) is 1.21. The molecule has 2 rings (SSSR count). The first kappa shape index (κ1) is 7.77. The maximum absolute atomic E-state index is 6.03. The van der Waals surface area contributed by atoms with Gasteiger partial charge in [-0.15, -0.1) is 11.3 Å². The molecule has 1 aromatic rings. The Hall–Kier alpha value is 0.140. The fourth-order valence-corrected chi connectivity index (χ4v) is 2.95. The van der Waals surface area contributed by atoms with E-state index in [2.05, 4.69) is 27.4 Å². The summed E-state index contributed by atoms with van der Waals surface area (Å²) in [6.07, 6.45) is 2.62. The molecule has 1 atom stereocenters. The minimum Gasteiger partial charge on any atom is -0.323 e. The van der Waals surface area contributed by atoms with Crippen LogP contribution in [0.15, 0.2) is 15.9 Å². The number of hydrogen-bond donors (Lipinski definition) is 1. The highest BCUT2D eigenvalue weighted by Crippen LogP contribution is 2.43. The molecular formula is C8H10BrNS. The lowest BCUT2D eigenvalue weighted by Crippen LogP contribution is -2.10. The summed E-state index contributed by atoms with van der Waals surface area (Å²) in [4.78, 5) is 1.31. The number of halogens is 1. The first-order valence-corrected chi connectivity index (χ1v) is 5.45. The Bertz CT molecular complexity index is 254. The minimum atomic E-state index is 0.282. The first-order chi connectivity index (χ1) is 5.29. The van der Waals surface area contributed by atoms with Gasteiger partial charge in [-0.1, -0.05) is 0 Å². The molecule has 0 unspecified atom stereocenters. The summed E-state index contributed by atoms with van der Waals surface area (Å²) in [6.45, 7) is 0. The Labute approximate surface area is 78.7 Å². The molecule has 60 valence electrons. The molecule has 3 heteroatoms. The lowest BCUT2D eigenvalue weighted by Gasteiger charge is -2.07. The molecule has 0 aliphatic heterocycles. The van der Waals surface area contributed by atoms with Crippen LogP contribution in [0.3, 0.4) is 0 Å². The zero-order valence-corrected chi connectivity index (χ0v) is 8.49. The maximum atomic E-state index is 6.03. The molecule has 0 bridgehead atoms. The van der Waals surface area contributed by atoms with Crippen LogP contribution >= 0.6 is 27.3 Å². The van der Waals surface area contributed by atoms with Gasteiger partial charge in [-0.25, -0.2) is 0 Å². The predicted octanol–water partition coefficient (Wildman–Crippen LogP) is 2.92. The number of hydrogen-bond acceptors (Lipinski definition) is 2. The van der Waals surface area contributed by atoms with Crippen LogP contribution in [0.5, 0.6) is 0 Å². The summed E-state index contributed by atoms with van der Waals surface area (Å²) in [6, 6.07) is 2.35. The topological polar surface area (TPSA) is 26.0 Å². The van der Waals surface area contributed by atoms with E-state index in [4.69, 9.17) is 5.73 Å². The van der Waals surface area contributed by atoms with Crippen LogP contribution in [-0.4, -0.2) is 0 Å². The van der Waals surface area contributed by atoms with E-state index >= 15 is 0 Å². The molecule has 0 saturated heterocycles. The van der Waals surface area contributed by atoms with Crippen molar-refractivity contribution in [1.82, 2.24) is 0 Å². The van der Waals surface area contributed by atoms with E-state index in [9.17, 15) is 0 Å². The highest BCUT2D eigenvalue weighted by Gasteiger charge is 2.31. The zero-order valence-electron chi connectivity index (χ0n) is 6.09. The van der Waals surface area contributed by atoms with E-state index < -0.39 is 0 Å². The van der Waals surface area contributed by atoms with Gasteiger partial charge < -0.3 is 5.73 Å². The average Bonchev–Trinajstić information content (AvgIpc) is 2.74. The molecular weight excluding hydrogens is 222 g/mol. The summed E-state index contributed by atoms with van der Waals surface area (Å²) in [5.74, 6) is 0.755. The second-order valence-electron chi connectivity index (χ2n) is 3.00. The van der Waals surface area contributed by atoms with Gasteiger partial charge in [-0.2, -0.15) is 0 Å². The van der Waals surface area contributed by atoms with E-state index in [1.807, 2.05) is 0 Å². The Balaban J connectivity index is 2.20. The highest BCUT2D eigenvalue weighted by atomic mass is 79.9. The van der Waals surface area contributed by atoms with Crippen molar-refractivity contribution in [1.29, 1.82) is 0 Å². The second kappa shape index (κ2) is 2.88. The van der Waals surface area contributed by atoms with Gasteiger partial charge in [0.05, 0.1) is 0 Å². The molecule has 0 radical (unpaired) electrons. The Morgan fingerprint density at radius 1 is 1.64 bits per heavy atom. The van der Waals surface area contributed by atoms with Crippen LogP contribution in [0.2, 0.25) is 0 Å². The third-order valence-corrected chi connectivity index (χ3v) is 4.05. The SMILES string of the molecule is N[C@@H](c1sccc1Br)C1CC1. The van der Waals surface area contributed by atoms with Crippen molar-refractivity contribution in [2.75, 3.05) is 0 Å². The first-order valence-electron chi connectivity index (χ1n) is 3.77. The van der Waals surface area contributed by atoms with Crippen molar-refractivity contribution in [3.8, 4) is 0 Å². The summed E-state index contributed by atoms with van der Waals surface area (Å²) >= 11 is 5.25. The molecule has 0 aromatic carbocycles. The molecule has 11 heavy (non-hydrogen) atoms. The summed E-state index contributed by atoms with van der Waals surface area (Å²) in [7, 11) is 0. The van der Waals surface area contributed by atoms with Crippen molar-refractivity contribution in [3.63, 3.8) is 0 Å². The molecule has 1 aliphatic carbocycles. The van der Waals surface area contributed by atoms with Crippen molar-refractivity contribution < 1.29 is 0 Å². The third-order valence-electron chi connectivity index (χ3n) is 2.08. The van der Waals surface area contributed by atoms with Crippen molar-refractivity contribution in [2.45, 2.75) is 18.9 Å². The molecule has 0 spiro atoms. The Morgan fingerprint density at radius 2 is 2.36 bits per heavy atom. The fraction of sp³-hybridized carbons (Fsp3) is 0.500. The molecule has 1 saturated carbocycles. The summed E-state index contributed by atoms with van der Waals surface area (Å²) < 4.78 is 1.18.